The molecule has 0 saturated heterocycles. The van der Waals surface area contributed by atoms with Gasteiger partial charge in [0.25, 0.3) is 0 Å². The van der Waals surface area contributed by atoms with Gasteiger partial charge in [0.1, 0.15) is 0 Å². The molecule has 62 heavy (non-hydrogen) atoms. The SMILES string of the molecule is c1ccc(-c2cccc(-c3nc(-c4ccc(-c5ccc6c(c5)sc5ccccc56)cc4)nc(-c4cccc5c4-c4ccccc4C54c5ccccc5-c5ccccc54)n3)c2)cc1. The minimum atomic E-state index is -0.466. The lowest BCUT2D eigenvalue weighted by molar-refractivity contribution is 0.794. The molecule has 0 radical (unpaired) electrons. The molecule has 3 nitrogen and oxygen atoms in total. The molecule has 9 aromatic carbocycles. The second kappa shape index (κ2) is 13.6. The van der Waals surface area contributed by atoms with E-state index >= 15 is 0 Å². The Hall–Kier alpha value is -7.79. The van der Waals surface area contributed by atoms with Gasteiger partial charge in [-0.05, 0) is 85.0 Å². The molecule has 13 rings (SSSR count). The van der Waals surface area contributed by atoms with E-state index in [2.05, 4.69) is 212 Å². The molecule has 0 unspecified atom stereocenters. The van der Waals surface area contributed by atoms with Crippen molar-refractivity contribution < 1.29 is 0 Å². The van der Waals surface area contributed by atoms with Gasteiger partial charge in [0.05, 0.1) is 5.41 Å². The van der Waals surface area contributed by atoms with Crippen LogP contribution in [0.5, 0.6) is 0 Å². The van der Waals surface area contributed by atoms with Crippen LogP contribution in [0.25, 0.3) is 98.8 Å². The Balaban J connectivity index is 0.998. The summed E-state index contributed by atoms with van der Waals surface area (Å²) < 4.78 is 2.60. The van der Waals surface area contributed by atoms with Gasteiger partial charge in [0.2, 0.25) is 0 Å². The molecule has 2 aliphatic carbocycles. The van der Waals surface area contributed by atoms with E-state index in [1.165, 1.54) is 70.2 Å². The lowest BCUT2D eigenvalue weighted by atomic mass is 9.70. The summed E-state index contributed by atoms with van der Waals surface area (Å²) in [6, 6.07) is 76.7. The summed E-state index contributed by atoms with van der Waals surface area (Å²) in [4.78, 5) is 16.0. The van der Waals surface area contributed by atoms with E-state index in [-0.39, 0.29) is 0 Å². The van der Waals surface area contributed by atoms with E-state index in [0.717, 1.165) is 33.4 Å². The topological polar surface area (TPSA) is 38.7 Å². The predicted molar refractivity (Wildman–Crippen MR) is 256 cm³/mol. The number of fused-ring (bicyclic) bond motifs is 13. The first-order valence-corrected chi connectivity index (χ1v) is 21.9. The molecule has 0 amide bonds. The monoisotopic (exact) mass is 805 g/mol. The maximum atomic E-state index is 5.38. The Kier molecular flexibility index (Phi) is 7.69. The number of nitrogens with zero attached hydrogens (tertiary/aromatic N) is 3. The number of hydrogen-bond acceptors (Lipinski definition) is 4. The number of thiophene rings is 1. The third-order valence-electron chi connectivity index (χ3n) is 13.0. The Morgan fingerprint density at radius 1 is 0.290 bits per heavy atom. The zero-order chi connectivity index (χ0) is 40.8. The molecule has 0 bridgehead atoms. The Morgan fingerprint density at radius 3 is 1.55 bits per heavy atom. The van der Waals surface area contributed by atoms with Crippen LogP contribution in [0.4, 0.5) is 0 Å². The molecule has 4 heteroatoms. The summed E-state index contributed by atoms with van der Waals surface area (Å²) in [6.45, 7) is 0. The largest absolute Gasteiger partial charge is 0.208 e. The molecule has 0 fully saturated rings. The van der Waals surface area contributed by atoms with Gasteiger partial charge in [-0.15, -0.1) is 11.3 Å². The molecule has 0 saturated carbocycles. The van der Waals surface area contributed by atoms with Gasteiger partial charge in [-0.25, -0.2) is 15.0 Å². The minimum absolute atomic E-state index is 0.466. The van der Waals surface area contributed by atoms with Crippen LogP contribution in [0.1, 0.15) is 22.3 Å². The van der Waals surface area contributed by atoms with Crippen molar-refractivity contribution in [3.05, 3.63) is 235 Å². The average molecular weight is 806 g/mol. The van der Waals surface area contributed by atoms with Crippen LogP contribution >= 0.6 is 11.3 Å². The highest BCUT2D eigenvalue weighted by molar-refractivity contribution is 7.25. The fourth-order valence-corrected chi connectivity index (χ4v) is 11.4. The molecule has 2 aromatic heterocycles. The van der Waals surface area contributed by atoms with Crippen LogP contribution in [0.15, 0.2) is 212 Å². The smallest absolute Gasteiger partial charge is 0.164 e. The van der Waals surface area contributed by atoms with Crippen molar-refractivity contribution in [1.29, 1.82) is 0 Å². The second-order valence-electron chi connectivity index (χ2n) is 16.3. The molecule has 2 heterocycles. The van der Waals surface area contributed by atoms with E-state index in [1.807, 2.05) is 11.3 Å². The molecule has 0 aliphatic heterocycles. The van der Waals surface area contributed by atoms with Gasteiger partial charge < -0.3 is 0 Å². The molecule has 288 valence electrons. The van der Waals surface area contributed by atoms with Crippen LogP contribution in [-0.2, 0) is 5.41 Å². The van der Waals surface area contributed by atoms with Gasteiger partial charge in [-0.2, -0.15) is 0 Å². The third-order valence-corrected chi connectivity index (χ3v) is 14.1. The zero-order valence-electron chi connectivity index (χ0n) is 33.5. The van der Waals surface area contributed by atoms with E-state index in [9.17, 15) is 0 Å². The van der Waals surface area contributed by atoms with Crippen LogP contribution < -0.4 is 0 Å². The first kappa shape index (κ1) is 35.0. The van der Waals surface area contributed by atoms with E-state index in [0.29, 0.717) is 17.5 Å². The number of hydrogen-bond donors (Lipinski definition) is 0. The molecule has 2 aliphatic rings. The van der Waals surface area contributed by atoms with Crippen molar-refractivity contribution in [2.75, 3.05) is 0 Å². The molecule has 11 aromatic rings. The molecular formula is C58H35N3S. The molecule has 0 atom stereocenters. The zero-order valence-corrected chi connectivity index (χ0v) is 34.3. The summed E-state index contributed by atoms with van der Waals surface area (Å²) >= 11 is 1.85. The van der Waals surface area contributed by atoms with Crippen LogP contribution in [0.2, 0.25) is 0 Å². The van der Waals surface area contributed by atoms with Gasteiger partial charge in [-0.3, -0.25) is 0 Å². The Labute approximate surface area is 363 Å². The summed E-state index contributed by atoms with van der Waals surface area (Å²) in [7, 11) is 0. The predicted octanol–water partition coefficient (Wildman–Crippen LogP) is 14.9. The number of aromatic nitrogens is 3. The summed E-state index contributed by atoms with van der Waals surface area (Å²) in [5.41, 5.74) is 17.1. The van der Waals surface area contributed by atoms with Crippen molar-refractivity contribution >= 4 is 31.5 Å². The molecular weight excluding hydrogens is 771 g/mol. The maximum absolute atomic E-state index is 5.38. The summed E-state index contributed by atoms with van der Waals surface area (Å²) in [5, 5.41) is 2.61. The summed E-state index contributed by atoms with van der Waals surface area (Å²) in [6.07, 6.45) is 0. The highest BCUT2D eigenvalue weighted by Gasteiger charge is 2.52. The number of benzene rings is 9. The minimum Gasteiger partial charge on any atom is -0.208 e. The average Bonchev–Trinajstić information content (AvgIpc) is 3.98. The lowest BCUT2D eigenvalue weighted by Crippen LogP contribution is -2.25. The summed E-state index contributed by atoms with van der Waals surface area (Å²) in [5.74, 6) is 1.92. The fraction of sp³-hybridized carbons (Fsp3) is 0.0172. The molecule has 1 spiro atoms. The van der Waals surface area contributed by atoms with Gasteiger partial charge in [-0.1, -0.05) is 194 Å². The van der Waals surface area contributed by atoms with E-state index in [1.54, 1.807) is 0 Å². The second-order valence-corrected chi connectivity index (χ2v) is 17.3. The van der Waals surface area contributed by atoms with Crippen molar-refractivity contribution in [3.8, 4) is 78.7 Å². The van der Waals surface area contributed by atoms with E-state index in [4.69, 9.17) is 15.0 Å². The highest BCUT2D eigenvalue weighted by Crippen LogP contribution is 2.63. The van der Waals surface area contributed by atoms with Gasteiger partial charge in [0.15, 0.2) is 17.5 Å². The van der Waals surface area contributed by atoms with E-state index < -0.39 is 5.41 Å². The van der Waals surface area contributed by atoms with Crippen LogP contribution in [0.3, 0.4) is 0 Å². The Morgan fingerprint density at radius 2 is 0.774 bits per heavy atom. The molecule has 0 N–H and O–H groups in total. The lowest BCUT2D eigenvalue weighted by Gasteiger charge is -2.30. The van der Waals surface area contributed by atoms with Crippen molar-refractivity contribution in [2.45, 2.75) is 5.41 Å². The first-order chi connectivity index (χ1) is 30.7. The maximum Gasteiger partial charge on any atom is 0.164 e. The first-order valence-electron chi connectivity index (χ1n) is 21.1. The number of rotatable bonds is 5. The van der Waals surface area contributed by atoms with Crippen molar-refractivity contribution in [2.24, 2.45) is 0 Å². The standard InChI is InChI=1S/C58H35N3S/c1-2-14-36(15-3-1)39-16-12-17-41(34-39)56-59-55(38-30-28-37(29-31-38)40-32-33-45-44-20-7-11-27-52(44)62-53(45)35-40)60-57(61-56)47-22-13-26-51-54(47)46-21-6-10-25-50(46)58(51)48-23-8-4-18-42(48)43-19-5-9-24-49(43)58/h1-35H. The third kappa shape index (κ3) is 5.14. The highest BCUT2D eigenvalue weighted by atomic mass is 32.1. The van der Waals surface area contributed by atoms with Crippen molar-refractivity contribution in [3.63, 3.8) is 0 Å². The van der Waals surface area contributed by atoms with Crippen LogP contribution in [-0.4, -0.2) is 15.0 Å². The van der Waals surface area contributed by atoms with Crippen LogP contribution in [0, 0.1) is 0 Å². The van der Waals surface area contributed by atoms with Gasteiger partial charge >= 0.3 is 0 Å². The fourth-order valence-electron chi connectivity index (χ4n) is 10.3. The van der Waals surface area contributed by atoms with Gasteiger partial charge in [0, 0.05) is 36.9 Å². The quantitative estimate of drug-likeness (QED) is 0.174. The van der Waals surface area contributed by atoms with Crippen molar-refractivity contribution in [1.82, 2.24) is 15.0 Å². The Bertz CT molecular complexity index is 3540. The normalized spacial score (nSPS) is 13.0.